The summed E-state index contributed by atoms with van der Waals surface area (Å²) in [5, 5.41) is 4.23. The molecular formula is C15H21N3O. The maximum absolute atomic E-state index is 6.09. The van der Waals surface area contributed by atoms with Crippen LogP contribution in [0.15, 0.2) is 36.7 Å². The normalized spacial score (nSPS) is 12.4. The first-order valence-electron chi connectivity index (χ1n) is 6.73. The molecule has 0 aliphatic rings. The third kappa shape index (κ3) is 3.35. The van der Waals surface area contributed by atoms with Crippen molar-refractivity contribution < 1.29 is 4.74 Å². The first-order chi connectivity index (χ1) is 9.24. The summed E-state index contributed by atoms with van der Waals surface area (Å²) in [4.78, 5) is 0. The number of benzene rings is 1. The lowest BCUT2D eigenvalue weighted by atomic mass is 10.0. The molecule has 1 aromatic heterocycles. The molecule has 1 atom stereocenters. The van der Waals surface area contributed by atoms with Crippen LogP contribution in [0.4, 0.5) is 0 Å². The zero-order valence-electron chi connectivity index (χ0n) is 11.5. The average Bonchev–Trinajstić information content (AvgIpc) is 2.92. The van der Waals surface area contributed by atoms with Crippen molar-refractivity contribution in [2.24, 2.45) is 5.73 Å². The molecule has 0 aliphatic heterocycles. The van der Waals surface area contributed by atoms with Crippen molar-refractivity contribution in [1.82, 2.24) is 9.78 Å². The standard InChI is InChI=1S/C15H21N3O/c1-3-14(16)13-7-5-6-8-15(13)19-11-12-9-17-18(4-2)10-12/h5-10,14H,3-4,11,16H2,1-2H3. The van der Waals surface area contributed by atoms with E-state index in [1.807, 2.05) is 41.3 Å². The molecule has 2 aromatic rings. The second-order valence-electron chi connectivity index (χ2n) is 4.55. The van der Waals surface area contributed by atoms with Crippen LogP contribution in [0.3, 0.4) is 0 Å². The van der Waals surface area contributed by atoms with Gasteiger partial charge in [-0.15, -0.1) is 0 Å². The lowest BCUT2D eigenvalue weighted by molar-refractivity contribution is 0.300. The maximum Gasteiger partial charge on any atom is 0.124 e. The van der Waals surface area contributed by atoms with Crippen molar-refractivity contribution in [2.75, 3.05) is 0 Å². The van der Waals surface area contributed by atoms with Crippen LogP contribution in [0.5, 0.6) is 5.75 Å². The molecular weight excluding hydrogens is 238 g/mol. The fraction of sp³-hybridized carbons (Fsp3) is 0.400. The summed E-state index contributed by atoms with van der Waals surface area (Å²) in [5.74, 6) is 0.862. The van der Waals surface area contributed by atoms with E-state index in [-0.39, 0.29) is 6.04 Å². The summed E-state index contributed by atoms with van der Waals surface area (Å²) < 4.78 is 7.76. The number of rotatable bonds is 6. The van der Waals surface area contributed by atoms with Gasteiger partial charge >= 0.3 is 0 Å². The van der Waals surface area contributed by atoms with Crippen molar-refractivity contribution in [3.8, 4) is 5.75 Å². The van der Waals surface area contributed by atoms with E-state index in [2.05, 4.69) is 18.9 Å². The topological polar surface area (TPSA) is 53.1 Å². The fourth-order valence-corrected chi connectivity index (χ4v) is 1.95. The molecule has 2 N–H and O–H groups in total. The van der Waals surface area contributed by atoms with Crippen LogP contribution in [0, 0.1) is 0 Å². The van der Waals surface area contributed by atoms with Crippen molar-refractivity contribution in [3.63, 3.8) is 0 Å². The minimum Gasteiger partial charge on any atom is -0.488 e. The molecule has 1 aromatic carbocycles. The molecule has 0 spiro atoms. The van der Waals surface area contributed by atoms with Gasteiger partial charge in [0.2, 0.25) is 0 Å². The van der Waals surface area contributed by atoms with Gasteiger partial charge in [0, 0.05) is 29.9 Å². The molecule has 0 fully saturated rings. The molecule has 0 aliphatic carbocycles. The third-order valence-electron chi connectivity index (χ3n) is 3.16. The Kier molecular flexibility index (Phi) is 4.58. The quantitative estimate of drug-likeness (QED) is 0.867. The molecule has 0 saturated carbocycles. The Hall–Kier alpha value is -1.81. The average molecular weight is 259 g/mol. The number of hydrogen-bond donors (Lipinski definition) is 1. The van der Waals surface area contributed by atoms with Gasteiger partial charge in [-0.2, -0.15) is 5.10 Å². The molecule has 1 unspecified atom stereocenters. The van der Waals surface area contributed by atoms with Gasteiger partial charge in [-0.3, -0.25) is 4.68 Å². The van der Waals surface area contributed by atoms with Crippen LogP contribution in [0.25, 0.3) is 0 Å². The number of aromatic nitrogens is 2. The Morgan fingerprint density at radius 2 is 2.11 bits per heavy atom. The highest BCUT2D eigenvalue weighted by molar-refractivity contribution is 5.35. The second-order valence-corrected chi connectivity index (χ2v) is 4.55. The first-order valence-corrected chi connectivity index (χ1v) is 6.73. The maximum atomic E-state index is 6.09. The predicted octanol–water partition coefficient (Wildman–Crippen LogP) is 2.89. The summed E-state index contributed by atoms with van der Waals surface area (Å²) in [7, 11) is 0. The van der Waals surface area contributed by atoms with Crippen LogP contribution < -0.4 is 10.5 Å². The van der Waals surface area contributed by atoms with E-state index in [0.29, 0.717) is 6.61 Å². The van der Waals surface area contributed by atoms with Crippen LogP contribution in [-0.2, 0) is 13.2 Å². The number of hydrogen-bond acceptors (Lipinski definition) is 3. The predicted molar refractivity (Wildman–Crippen MR) is 75.9 cm³/mol. The van der Waals surface area contributed by atoms with E-state index in [1.165, 1.54) is 0 Å². The minimum absolute atomic E-state index is 0.0227. The van der Waals surface area contributed by atoms with Gasteiger partial charge in [0.15, 0.2) is 0 Å². The highest BCUT2D eigenvalue weighted by atomic mass is 16.5. The molecule has 1 heterocycles. The van der Waals surface area contributed by atoms with Gasteiger partial charge in [-0.25, -0.2) is 0 Å². The van der Waals surface area contributed by atoms with Crippen molar-refractivity contribution >= 4 is 0 Å². The van der Waals surface area contributed by atoms with Gasteiger partial charge in [-0.05, 0) is 19.4 Å². The number of nitrogens with zero attached hydrogens (tertiary/aromatic N) is 2. The zero-order valence-corrected chi connectivity index (χ0v) is 11.5. The van der Waals surface area contributed by atoms with Crippen LogP contribution in [-0.4, -0.2) is 9.78 Å². The van der Waals surface area contributed by atoms with E-state index in [0.717, 1.165) is 29.8 Å². The van der Waals surface area contributed by atoms with E-state index in [9.17, 15) is 0 Å². The lowest BCUT2D eigenvalue weighted by Crippen LogP contribution is -2.10. The van der Waals surface area contributed by atoms with Crippen LogP contribution in [0.2, 0.25) is 0 Å². The van der Waals surface area contributed by atoms with E-state index < -0.39 is 0 Å². The Balaban J connectivity index is 2.06. The molecule has 0 amide bonds. The van der Waals surface area contributed by atoms with Crippen LogP contribution >= 0.6 is 0 Å². The van der Waals surface area contributed by atoms with Gasteiger partial charge < -0.3 is 10.5 Å². The van der Waals surface area contributed by atoms with Crippen molar-refractivity contribution in [1.29, 1.82) is 0 Å². The van der Waals surface area contributed by atoms with E-state index in [4.69, 9.17) is 10.5 Å². The molecule has 19 heavy (non-hydrogen) atoms. The van der Waals surface area contributed by atoms with Gasteiger partial charge in [0.25, 0.3) is 0 Å². The summed E-state index contributed by atoms with van der Waals surface area (Å²) in [6.45, 7) is 5.53. The molecule has 102 valence electrons. The smallest absolute Gasteiger partial charge is 0.124 e. The SMILES string of the molecule is CCC(N)c1ccccc1OCc1cnn(CC)c1. The largest absolute Gasteiger partial charge is 0.488 e. The van der Waals surface area contributed by atoms with E-state index in [1.54, 1.807) is 0 Å². The van der Waals surface area contributed by atoms with Crippen molar-refractivity contribution in [2.45, 2.75) is 39.5 Å². The summed E-state index contributed by atoms with van der Waals surface area (Å²) in [5.41, 5.74) is 8.23. The highest BCUT2D eigenvalue weighted by Gasteiger charge is 2.10. The monoisotopic (exact) mass is 259 g/mol. The van der Waals surface area contributed by atoms with Gasteiger partial charge in [-0.1, -0.05) is 25.1 Å². The first kappa shape index (κ1) is 13.6. The third-order valence-corrected chi connectivity index (χ3v) is 3.16. The Bertz CT molecular complexity index is 522. The fourth-order valence-electron chi connectivity index (χ4n) is 1.95. The molecule has 0 saturated heterocycles. The number of ether oxygens (including phenoxy) is 1. The molecule has 0 bridgehead atoms. The Morgan fingerprint density at radius 1 is 1.32 bits per heavy atom. The van der Waals surface area contributed by atoms with Gasteiger partial charge in [0.1, 0.15) is 12.4 Å². The van der Waals surface area contributed by atoms with E-state index >= 15 is 0 Å². The van der Waals surface area contributed by atoms with Crippen LogP contribution in [0.1, 0.15) is 37.4 Å². The molecule has 0 radical (unpaired) electrons. The Labute approximate surface area is 114 Å². The molecule has 4 heteroatoms. The summed E-state index contributed by atoms with van der Waals surface area (Å²) >= 11 is 0. The zero-order chi connectivity index (χ0) is 13.7. The molecule has 2 rings (SSSR count). The number of aryl methyl sites for hydroxylation is 1. The Morgan fingerprint density at radius 3 is 2.79 bits per heavy atom. The number of para-hydroxylation sites is 1. The second kappa shape index (κ2) is 6.38. The van der Waals surface area contributed by atoms with Gasteiger partial charge in [0.05, 0.1) is 6.20 Å². The number of nitrogens with two attached hydrogens (primary N) is 1. The minimum atomic E-state index is 0.0227. The van der Waals surface area contributed by atoms with Crippen molar-refractivity contribution in [3.05, 3.63) is 47.8 Å². The summed E-state index contributed by atoms with van der Waals surface area (Å²) in [6, 6.07) is 7.98. The highest BCUT2D eigenvalue weighted by Crippen LogP contribution is 2.26. The molecule has 4 nitrogen and oxygen atoms in total. The lowest BCUT2D eigenvalue weighted by Gasteiger charge is -2.15. The summed E-state index contributed by atoms with van der Waals surface area (Å²) in [6.07, 6.45) is 4.74.